The predicted molar refractivity (Wildman–Crippen MR) is 131 cm³/mol. The first-order chi connectivity index (χ1) is 19.7. The fraction of sp³-hybridized carbons (Fsp3) is 0.192. The highest BCUT2D eigenvalue weighted by molar-refractivity contribution is 7.91. The van der Waals surface area contributed by atoms with Crippen LogP contribution in [0.4, 0.5) is 39.5 Å². The van der Waals surface area contributed by atoms with E-state index in [1.165, 1.54) is 0 Å². The topological polar surface area (TPSA) is 122 Å². The summed E-state index contributed by atoms with van der Waals surface area (Å²) in [7, 11) is -4.54. The molecule has 230 valence electrons. The third kappa shape index (κ3) is 6.56. The fourth-order valence-corrected chi connectivity index (χ4v) is 5.53. The molecule has 7 nitrogen and oxygen atoms in total. The summed E-state index contributed by atoms with van der Waals surface area (Å²) in [6.45, 7) is 0. The molecule has 0 unspecified atom stereocenters. The lowest BCUT2D eigenvalue weighted by Gasteiger charge is -2.21. The molecule has 3 aromatic carbocycles. The monoisotopic (exact) mass is 640 g/mol. The molecule has 4 aromatic rings. The second-order valence-corrected chi connectivity index (χ2v) is 11.1. The molecule has 0 saturated heterocycles. The number of carboxylic acids is 1. The maximum absolute atomic E-state index is 14.0. The highest BCUT2D eigenvalue weighted by Gasteiger charge is 2.43. The van der Waals surface area contributed by atoms with Crippen LogP contribution in [0.1, 0.15) is 22.3 Å². The first-order valence-corrected chi connectivity index (χ1v) is 13.2. The Kier molecular flexibility index (Phi) is 7.95. The van der Waals surface area contributed by atoms with Gasteiger partial charge >= 0.3 is 24.5 Å². The summed E-state index contributed by atoms with van der Waals surface area (Å²) in [6, 6.07) is 4.08. The Morgan fingerprint density at radius 1 is 0.860 bits per heavy atom. The van der Waals surface area contributed by atoms with Gasteiger partial charge in [-0.25, -0.2) is 8.42 Å². The fourth-order valence-electron chi connectivity index (χ4n) is 4.11. The smallest absolute Gasteiger partial charge is 0.420 e. The summed E-state index contributed by atoms with van der Waals surface area (Å²) in [6.07, 6.45) is -15.5. The molecule has 0 amide bonds. The van der Waals surface area contributed by atoms with E-state index in [4.69, 9.17) is 15.6 Å². The van der Waals surface area contributed by atoms with Gasteiger partial charge in [-0.2, -0.15) is 39.5 Å². The zero-order chi connectivity index (χ0) is 32.1. The largest absolute Gasteiger partial charge is 0.480 e. The molecule has 0 saturated carbocycles. The quantitative estimate of drug-likeness (QED) is 0.191. The van der Waals surface area contributed by atoms with E-state index in [1.807, 2.05) is 0 Å². The summed E-state index contributed by atoms with van der Waals surface area (Å²) >= 11 is 0. The zero-order valence-corrected chi connectivity index (χ0v) is 21.8. The second-order valence-electron chi connectivity index (χ2n) is 9.15. The molecular formula is C26H17F9N2O5S. The van der Waals surface area contributed by atoms with Crippen molar-refractivity contribution < 1.29 is 62.6 Å². The predicted octanol–water partition coefficient (Wildman–Crippen LogP) is 6.80. The van der Waals surface area contributed by atoms with Crippen molar-refractivity contribution in [1.82, 2.24) is 4.98 Å². The van der Waals surface area contributed by atoms with Gasteiger partial charge in [-0.3, -0.25) is 4.79 Å². The highest BCUT2D eigenvalue weighted by Crippen LogP contribution is 2.47. The van der Waals surface area contributed by atoms with E-state index >= 15 is 0 Å². The van der Waals surface area contributed by atoms with Crippen molar-refractivity contribution in [2.24, 2.45) is 5.73 Å². The number of halogens is 9. The van der Waals surface area contributed by atoms with E-state index < -0.39 is 90.3 Å². The number of hydrogen-bond donors (Lipinski definition) is 3. The van der Waals surface area contributed by atoms with Gasteiger partial charge in [0.15, 0.2) is 5.75 Å². The number of benzene rings is 3. The number of H-pyrrole nitrogens is 1. The molecule has 43 heavy (non-hydrogen) atoms. The number of rotatable bonds is 7. The average Bonchev–Trinajstić information content (AvgIpc) is 3.31. The molecule has 0 aliphatic rings. The zero-order valence-electron chi connectivity index (χ0n) is 21.0. The Bertz CT molecular complexity index is 1760. The van der Waals surface area contributed by atoms with Gasteiger partial charge < -0.3 is 20.6 Å². The number of aromatic amines is 1. The van der Waals surface area contributed by atoms with Crippen LogP contribution in [0, 0.1) is 0 Å². The number of nitrogens with two attached hydrogens (primary N) is 1. The molecule has 0 spiro atoms. The standard InChI is InChI=1S/C26H17F9N2O5S/c27-24(28,29)13-1-4-15(5-2-13)43(40,41)21-11-37-20-6-3-14(10-16(20)21)42-22-17(25(30,31)32)7-12(9-19(36)23(38)39)8-18(22)26(33,34)35/h1-8,10-11,19,37H,9,36H2,(H,38,39)/t19-/m0/s1. The van der Waals surface area contributed by atoms with Gasteiger partial charge in [0.1, 0.15) is 11.8 Å². The Morgan fingerprint density at radius 2 is 1.42 bits per heavy atom. The van der Waals surface area contributed by atoms with E-state index in [9.17, 15) is 52.7 Å². The number of ether oxygens (including phenoxy) is 1. The van der Waals surface area contributed by atoms with Crippen molar-refractivity contribution in [1.29, 1.82) is 0 Å². The van der Waals surface area contributed by atoms with E-state index in [1.54, 1.807) is 0 Å². The van der Waals surface area contributed by atoms with E-state index in [-0.39, 0.29) is 23.0 Å². The number of fused-ring (bicyclic) bond motifs is 1. The Morgan fingerprint density at radius 3 is 1.91 bits per heavy atom. The summed E-state index contributed by atoms with van der Waals surface area (Å²) < 4.78 is 154. The lowest BCUT2D eigenvalue weighted by atomic mass is 9.98. The molecule has 4 N–H and O–H groups in total. The van der Waals surface area contributed by atoms with Gasteiger partial charge in [-0.1, -0.05) is 0 Å². The third-order valence-electron chi connectivity index (χ3n) is 6.15. The number of hydrogen-bond acceptors (Lipinski definition) is 5. The molecule has 0 bridgehead atoms. The minimum absolute atomic E-state index is 0.0583. The highest BCUT2D eigenvalue weighted by atomic mass is 32.2. The minimum atomic E-state index is -5.42. The van der Waals surface area contributed by atoms with Gasteiger partial charge in [-0.15, -0.1) is 0 Å². The van der Waals surface area contributed by atoms with Gasteiger partial charge in [0.25, 0.3) is 0 Å². The van der Waals surface area contributed by atoms with E-state index in [0.29, 0.717) is 24.3 Å². The van der Waals surface area contributed by atoms with Crippen molar-refractivity contribution >= 4 is 26.7 Å². The summed E-state index contributed by atoms with van der Waals surface area (Å²) in [5, 5.41) is 8.69. The number of aromatic nitrogens is 1. The Labute approximate surface area is 235 Å². The SMILES string of the molecule is N[C@@H](Cc1cc(C(F)(F)F)c(Oc2ccc3[nH]cc(S(=O)(=O)c4ccc(C(F)(F)F)cc4)c3c2)c(C(F)(F)F)c1)C(=O)O. The molecule has 0 radical (unpaired) electrons. The van der Waals surface area contributed by atoms with Gasteiger partial charge in [0, 0.05) is 17.1 Å². The molecule has 0 fully saturated rings. The Hall–Kier alpha value is -4.25. The maximum atomic E-state index is 14.0. The molecule has 0 aliphatic heterocycles. The van der Waals surface area contributed by atoms with Crippen molar-refractivity contribution in [3.8, 4) is 11.5 Å². The molecule has 1 aromatic heterocycles. The van der Waals surface area contributed by atoms with E-state index in [2.05, 4.69) is 4.98 Å². The summed E-state index contributed by atoms with van der Waals surface area (Å²) in [4.78, 5) is 12.5. The number of sulfone groups is 1. The van der Waals surface area contributed by atoms with Crippen LogP contribution in [0.25, 0.3) is 10.9 Å². The number of aliphatic carboxylic acids is 1. The first kappa shape index (κ1) is 31.7. The van der Waals surface area contributed by atoms with Gasteiger partial charge in [0.05, 0.1) is 26.5 Å². The first-order valence-electron chi connectivity index (χ1n) is 11.7. The van der Waals surface area contributed by atoms with Crippen LogP contribution < -0.4 is 10.5 Å². The maximum Gasteiger partial charge on any atom is 0.420 e. The minimum Gasteiger partial charge on any atom is -0.480 e. The van der Waals surface area contributed by atoms with Crippen molar-refractivity contribution in [2.45, 2.75) is 40.8 Å². The average molecular weight is 640 g/mol. The summed E-state index contributed by atoms with van der Waals surface area (Å²) in [5.74, 6) is -4.00. The molecule has 1 heterocycles. The van der Waals surface area contributed by atoms with Gasteiger partial charge in [-0.05, 0) is 66.6 Å². The van der Waals surface area contributed by atoms with Crippen LogP contribution in [-0.2, 0) is 39.6 Å². The molecular weight excluding hydrogens is 623 g/mol. The third-order valence-corrected chi connectivity index (χ3v) is 7.96. The normalized spacial score (nSPS) is 13.7. The van der Waals surface area contributed by atoms with Crippen molar-refractivity contribution in [3.05, 3.63) is 83.0 Å². The van der Waals surface area contributed by atoms with Crippen molar-refractivity contribution in [2.75, 3.05) is 0 Å². The van der Waals surface area contributed by atoms with Crippen LogP contribution in [0.5, 0.6) is 11.5 Å². The second kappa shape index (κ2) is 10.8. The number of alkyl halides is 9. The number of carboxylic acid groups (broad SMARTS) is 1. The Balaban J connectivity index is 1.82. The molecule has 1 atom stereocenters. The molecule has 4 rings (SSSR count). The van der Waals surface area contributed by atoms with Gasteiger partial charge in [0.2, 0.25) is 9.84 Å². The lowest BCUT2D eigenvalue weighted by molar-refractivity contribution is -0.145. The van der Waals surface area contributed by atoms with Crippen LogP contribution >= 0.6 is 0 Å². The molecule has 0 aliphatic carbocycles. The summed E-state index contributed by atoms with van der Waals surface area (Å²) in [5.41, 5.74) is -0.265. The van der Waals surface area contributed by atoms with Crippen LogP contribution in [0.3, 0.4) is 0 Å². The lowest BCUT2D eigenvalue weighted by Crippen LogP contribution is -2.32. The van der Waals surface area contributed by atoms with Crippen LogP contribution in [-0.4, -0.2) is 30.5 Å². The van der Waals surface area contributed by atoms with Crippen LogP contribution in [0.2, 0.25) is 0 Å². The number of nitrogens with one attached hydrogen (secondary N) is 1. The molecule has 17 heteroatoms. The van der Waals surface area contributed by atoms with Crippen molar-refractivity contribution in [3.63, 3.8) is 0 Å². The number of carbonyl (C=O) groups is 1. The van der Waals surface area contributed by atoms with E-state index in [0.717, 1.165) is 24.4 Å². The van der Waals surface area contributed by atoms with Crippen LogP contribution in [0.15, 0.2) is 70.6 Å².